The van der Waals surface area contributed by atoms with Crippen LogP contribution in [0.2, 0.25) is 0 Å². The molecule has 0 bridgehead atoms. The van der Waals surface area contributed by atoms with E-state index < -0.39 is 11.0 Å². The highest BCUT2D eigenvalue weighted by Gasteiger charge is 2.25. The highest BCUT2D eigenvalue weighted by atomic mass is 16.6. The van der Waals surface area contributed by atoms with Gasteiger partial charge in [-0.05, 0) is 59.1 Å². The number of nitro groups is 1. The van der Waals surface area contributed by atoms with Gasteiger partial charge in [0.2, 0.25) is 0 Å². The number of nitrogens with one attached hydrogen (secondary N) is 1. The smallest absolute Gasteiger partial charge is 0.409 e. The van der Waals surface area contributed by atoms with Crippen molar-refractivity contribution in [2.45, 2.75) is 78.9 Å². The first-order chi connectivity index (χ1) is 11.4. The van der Waals surface area contributed by atoms with Crippen LogP contribution in [0.1, 0.15) is 67.9 Å². The number of amides is 1. The van der Waals surface area contributed by atoms with Gasteiger partial charge in [-0.3, -0.25) is 15.4 Å². The number of anilines is 1. The second-order valence-corrected chi connectivity index (χ2v) is 9.00. The first kappa shape index (κ1) is 23.9. The van der Waals surface area contributed by atoms with E-state index in [4.69, 9.17) is 9.84 Å². The largest absolute Gasteiger partial charge is 0.465 e. The van der Waals surface area contributed by atoms with Crippen molar-refractivity contribution in [1.82, 2.24) is 0 Å². The van der Waals surface area contributed by atoms with E-state index in [9.17, 15) is 14.9 Å². The molecule has 0 unspecified atom stereocenters. The Morgan fingerprint density at radius 2 is 1.50 bits per heavy atom. The summed E-state index contributed by atoms with van der Waals surface area (Å²) < 4.78 is 5.62. The average molecular weight is 368 g/mol. The molecule has 2 N–H and O–H groups in total. The lowest BCUT2D eigenvalue weighted by atomic mass is 9.85. The molecule has 148 valence electrons. The summed E-state index contributed by atoms with van der Waals surface area (Å²) in [6.45, 7) is 18.0. The van der Waals surface area contributed by atoms with Gasteiger partial charge in [-0.1, -0.05) is 20.8 Å². The fraction of sp³-hybridized carbons (Fsp3) is 0.632. The lowest BCUT2D eigenvalue weighted by molar-refractivity contribution is -0.385. The number of carboxylic acid groups (broad SMARTS) is 1. The molecule has 0 aliphatic heterocycles. The van der Waals surface area contributed by atoms with Crippen LogP contribution in [0.3, 0.4) is 0 Å². The molecule has 0 heterocycles. The van der Waals surface area contributed by atoms with Gasteiger partial charge in [-0.15, -0.1) is 0 Å². The Hall–Kier alpha value is -2.15. The molecule has 1 rings (SSSR count). The Balaban J connectivity index is 0.000000590. The molecule has 26 heavy (non-hydrogen) atoms. The summed E-state index contributed by atoms with van der Waals surface area (Å²) in [5.74, 6) is 0. The number of hydrogen-bond acceptors (Lipinski definition) is 4. The van der Waals surface area contributed by atoms with Crippen LogP contribution in [0.5, 0.6) is 0 Å². The maximum absolute atomic E-state index is 10.9. The number of rotatable bonds is 2. The van der Waals surface area contributed by atoms with Gasteiger partial charge < -0.3 is 9.84 Å². The first-order valence-corrected chi connectivity index (χ1v) is 8.41. The minimum Gasteiger partial charge on any atom is -0.465 e. The van der Waals surface area contributed by atoms with Crippen molar-refractivity contribution in [2.75, 3.05) is 5.32 Å². The number of ether oxygens (including phenoxy) is 1. The van der Waals surface area contributed by atoms with Gasteiger partial charge in [0.25, 0.3) is 5.69 Å². The Labute approximate surface area is 155 Å². The van der Waals surface area contributed by atoms with Gasteiger partial charge in [-0.25, -0.2) is 4.79 Å². The second-order valence-electron chi connectivity index (χ2n) is 9.00. The lowest BCUT2D eigenvalue weighted by Crippen LogP contribution is -2.31. The van der Waals surface area contributed by atoms with Crippen molar-refractivity contribution >= 4 is 17.5 Å². The summed E-state index contributed by atoms with van der Waals surface area (Å²) >= 11 is 0. The van der Waals surface area contributed by atoms with Crippen LogP contribution >= 0.6 is 0 Å². The topological polar surface area (TPSA) is 102 Å². The van der Waals surface area contributed by atoms with Gasteiger partial charge in [-0.2, -0.15) is 0 Å². The normalized spacial score (nSPS) is 12.0. The SMILES string of the molecule is CC(C)(C)OC(C)(C)C.CC(C)(C)c1ccc(NC(=O)O)cc1[N+](=O)[O-]. The third-order valence-corrected chi connectivity index (χ3v) is 2.87. The first-order valence-electron chi connectivity index (χ1n) is 8.41. The monoisotopic (exact) mass is 368 g/mol. The standard InChI is InChI=1S/C11H14N2O4.C8H18O/c1-11(2,3)8-5-4-7(12-10(14)15)6-9(8)13(16)17;1-7(2,3)9-8(4,5)6/h4-6,12H,1-3H3,(H,14,15);1-6H3. The van der Waals surface area contributed by atoms with Crippen molar-refractivity contribution in [1.29, 1.82) is 0 Å². The summed E-state index contributed by atoms with van der Waals surface area (Å²) in [5.41, 5.74) is 0.278. The quantitative estimate of drug-likeness (QED) is 0.524. The summed E-state index contributed by atoms with van der Waals surface area (Å²) in [6, 6.07) is 4.32. The number of nitrogens with zero attached hydrogens (tertiary/aromatic N) is 1. The molecule has 0 saturated heterocycles. The third-order valence-electron chi connectivity index (χ3n) is 2.87. The van der Waals surface area contributed by atoms with Crippen LogP contribution in [0.4, 0.5) is 16.2 Å². The van der Waals surface area contributed by atoms with E-state index in [0.717, 1.165) is 0 Å². The maximum atomic E-state index is 10.9. The molecular weight excluding hydrogens is 336 g/mol. The number of nitro benzene ring substituents is 1. The van der Waals surface area contributed by atoms with Crippen molar-refractivity contribution in [3.8, 4) is 0 Å². The maximum Gasteiger partial charge on any atom is 0.409 e. The lowest BCUT2D eigenvalue weighted by Gasteiger charge is -2.30. The third kappa shape index (κ3) is 9.98. The molecule has 0 aliphatic carbocycles. The minimum atomic E-state index is -1.25. The van der Waals surface area contributed by atoms with Crippen LogP contribution in [-0.4, -0.2) is 27.3 Å². The zero-order valence-corrected chi connectivity index (χ0v) is 17.3. The van der Waals surface area contributed by atoms with Crippen LogP contribution in [0, 0.1) is 10.1 Å². The Morgan fingerprint density at radius 1 is 1.04 bits per heavy atom. The fourth-order valence-corrected chi connectivity index (χ4v) is 2.44. The molecule has 0 aromatic heterocycles. The van der Waals surface area contributed by atoms with Crippen molar-refractivity contribution in [3.05, 3.63) is 33.9 Å². The molecule has 0 saturated carbocycles. The molecular formula is C19H32N2O5. The van der Waals surface area contributed by atoms with E-state index >= 15 is 0 Å². The number of hydrogen-bond donors (Lipinski definition) is 2. The van der Waals surface area contributed by atoms with Crippen LogP contribution in [0.15, 0.2) is 18.2 Å². The summed E-state index contributed by atoms with van der Waals surface area (Å²) in [4.78, 5) is 20.9. The summed E-state index contributed by atoms with van der Waals surface area (Å²) in [5, 5.41) is 21.6. The highest BCUT2D eigenvalue weighted by Crippen LogP contribution is 2.33. The summed E-state index contributed by atoms with van der Waals surface area (Å²) in [7, 11) is 0. The van der Waals surface area contributed by atoms with Gasteiger partial charge in [0.05, 0.1) is 21.8 Å². The van der Waals surface area contributed by atoms with Crippen LogP contribution < -0.4 is 5.32 Å². The zero-order chi connectivity index (χ0) is 20.9. The second kappa shape index (κ2) is 8.49. The summed E-state index contributed by atoms with van der Waals surface area (Å²) in [6.07, 6.45) is -1.25. The number of benzene rings is 1. The molecule has 7 heteroatoms. The molecule has 0 fully saturated rings. The predicted octanol–water partition coefficient (Wildman–Crippen LogP) is 5.58. The van der Waals surface area contributed by atoms with Crippen LogP contribution in [-0.2, 0) is 10.2 Å². The Bertz CT molecular complexity index is 623. The van der Waals surface area contributed by atoms with Gasteiger partial charge >= 0.3 is 6.09 Å². The highest BCUT2D eigenvalue weighted by molar-refractivity contribution is 5.83. The molecule has 7 nitrogen and oxygen atoms in total. The van der Waals surface area contributed by atoms with E-state index in [0.29, 0.717) is 5.56 Å². The van der Waals surface area contributed by atoms with E-state index in [1.807, 2.05) is 20.8 Å². The van der Waals surface area contributed by atoms with Crippen molar-refractivity contribution in [3.63, 3.8) is 0 Å². The fourth-order valence-electron chi connectivity index (χ4n) is 2.44. The van der Waals surface area contributed by atoms with Crippen LogP contribution in [0.25, 0.3) is 0 Å². The van der Waals surface area contributed by atoms with Gasteiger partial charge in [0.1, 0.15) is 0 Å². The zero-order valence-electron chi connectivity index (χ0n) is 17.3. The van der Waals surface area contributed by atoms with Gasteiger partial charge in [0.15, 0.2) is 0 Å². The van der Waals surface area contributed by atoms with Crippen molar-refractivity contribution in [2.24, 2.45) is 0 Å². The Kier molecular flexibility index (Phi) is 7.79. The molecule has 1 aromatic rings. The average Bonchev–Trinajstić information content (AvgIpc) is 2.32. The Morgan fingerprint density at radius 3 is 1.77 bits per heavy atom. The van der Waals surface area contributed by atoms with Gasteiger partial charge in [0, 0.05) is 11.6 Å². The molecule has 1 aromatic carbocycles. The van der Waals surface area contributed by atoms with E-state index in [2.05, 4.69) is 46.9 Å². The predicted molar refractivity (Wildman–Crippen MR) is 104 cm³/mol. The molecule has 1 amide bonds. The molecule has 0 radical (unpaired) electrons. The van der Waals surface area contributed by atoms with E-state index in [1.54, 1.807) is 6.07 Å². The van der Waals surface area contributed by atoms with E-state index in [1.165, 1.54) is 12.1 Å². The molecule has 0 aliphatic rings. The molecule has 0 spiro atoms. The van der Waals surface area contributed by atoms with E-state index in [-0.39, 0.29) is 28.0 Å². The van der Waals surface area contributed by atoms with Crippen molar-refractivity contribution < 1.29 is 19.6 Å². The minimum absolute atomic E-state index is 0.0156. The molecule has 0 atom stereocenters. The number of carbonyl (C=O) groups is 1.